The van der Waals surface area contributed by atoms with Gasteiger partial charge in [-0.15, -0.1) is 0 Å². The lowest BCUT2D eigenvalue weighted by Crippen LogP contribution is -2.14. The van der Waals surface area contributed by atoms with Crippen molar-refractivity contribution in [1.82, 2.24) is 15.0 Å². The normalized spacial score (nSPS) is 11.3. The Bertz CT molecular complexity index is 1370. The van der Waals surface area contributed by atoms with Gasteiger partial charge >= 0.3 is 12.1 Å². The van der Waals surface area contributed by atoms with E-state index in [4.69, 9.17) is 0 Å². The van der Waals surface area contributed by atoms with Gasteiger partial charge < -0.3 is 15.7 Å². The van der Waals surface area contributed by atoms with Crippen LogP contribution < -0.4 is 10.6 Å². The third kappa shape index (κ3) is 4.93. The van der Waals surface area contributed by atoms with Crippen LogP contribution in [-0.4, -0.2) is 31.9 Å². The number of pyridine rings is 1. The molecule has 3 N–H and O–H groups in total. The second kappa shape index (κ2) is 9.14. The summed E-state index contributed by atoms with van der Waals surface area (Å²) < 4.78 is 37.9. The lowest BCUT2D eigenvalue weighted by atomic mass is 10.1. The topological polar surface area (TPSA) is 117 Å². The van der Waals surface area contributed by atoms with E-state index in [0.717, 1.165) is 23.9 Å². The monoisotopic (exact) mass is 467 g/mol. The summed E-state index contributed by atoms with van der Waals surface area (Å²) in [6.45, 7) is 0.301. The maximum absolute atomic E-state index is 12.6. The largest absolute Gasteiger partial charge is 0.478 e. The van der Waals surface area contributed by atoms with E-state index in [1.807, 2.05) is 0 Å². The fourth-order valence-corrected chi connectivity index (χ4v) is 3.24. The summed E-state index contributed by atoms with van der Waals surface area (Å²) in [5.41, 5.74) is 0.474. The lowest BCUT2D eigenvalue weighted by Gasteiger charge is -2.11. The number of hydrogen-bond donors (Lipinski definition) is 3. The molecule has 2 heterocycles. The maximum atomic E-state index is 12.6. The first-order chi connectivity index (χ1) is 16.2. The van der Waals surface area contributed by atoms with Gasteiger partial charge in [0, 0.05) is 23.8 Å². The Balaban J connectivity index is 1.47. The third-order valence-corrected chi connectivity index (χ3v) is 4.86. The fraction of sp³-hybridized carbons (Fsp3) is 0.0870. The Morgan fingerprint density at radius 3 is 2.47 bits per heavy atom. The highest BCUT2D eigenvalue weighted by Crippen LogP contribution is 2.27. The van der Waals surface area contributed by atoms with E-state index in [0.29, 0.717) is 29.0 Å². The Kier molecular flexibility index (Phi) is 6.09. The molecule has 0 saturated heterocycles. The SMILES string of the molecule is O=C(Nc1cccc(CNc2ncnc3c(C(=O)O)cccc23)c1)c1ccc(C(F)(F)F)nc1. The van der Waals surface area contributed by atoms with Crippen molar-refractivity contribution < 1.29 is 27.9 Å². The first-order valence-corrected chi connectivity index (χ1v) is 9.87. The Morgan fingerprint density at radius 2 is 1.76 bits per heavy atom. The molecule has 4 aromatic rings. The van der Waals surface area contributed by atoms with Crippen LogP contribution in [-0.2, 0) is 12.7 Å². The van der Waals surface area contributed by atoms with Crippen molar-refractivity contribution in [1.29, 1.82) is 0 Å². The average Bonchev–Trinajstić information content (AvgIpc) is 2.82. The van der Waals surface area contributed by atoms with E-state index in [-0.39, 0.29) is 11.1 Å². The first kappa shape index (κ1) is 22.6. The molecule has 8 nitrogen and oxygen atoms in total. The van der Waals surface area contributed by atoms with Crippen LogP contribution in [0.25, 0.3) is 10.9 Å². The molecule has 4 rings (SSSR count). The van der Waals surface area contributed by atoms with E-state index in [2.05, 4.69) is 25.6 Å². The molecule has 0 bridgehead atoms. The van der Waals surface area contributed by atoms with Crippen LogP contribution in [0.1, 0.15) is 32.0 Å². The molecule has 0 radical (unpaired) electrons. The minimum atomic E-state index is -4.58. The van der Waals surface area contributed by atoms with Crippen LogP contribution in [0, 0.1) is 0 Å². The number of aromatic carboxylic acids is 1. The summed E-state index contributed by atoms with van der Waals surface area (Å²) in [5.74, 6) is -1.25. The highest BCUT2D eigenvalue weighted by atomic mass is 19.4. The quantitative estimate of drug-likeness (QED) is 0.379. The predicted octanol–water partition coefficient (Wildman–Crippen LogP) is 4.61. The number of carboxylic acid groups (broad SMARTS) is 1. The van der Waals surface area contributed by atoms with E-state index < -0.39 is 23.7 Å². The first-order valence-electron chi connectivity index (χ1n) is 9.87. The molecular weight excluding hydrogens is 451 g/mol. The third-order valence-electron chi connectivity index (χ3n) is 4.86. The number of halogens is 3. The molecule has 0 fully saturated rings. The van der Waals surface area contributed by atoms with Crippen LogP contribution in [0.3, 0.4) is 0 Å². The number of carbonyl (C=O) groups excluding carboxylic acids is 1. The number of alkyl halides is 3. The van der Waals surface area contributed by atoms with Gasteiger partial charge in [-0.2, -0.15) is 13.2 Å². The van der Waals surface area contributed by atoms with Gasteiger partial charge in [-0.25, -0.2) is 14.8 Å². The molecule has 11 heteroatoms. The Hall–Kier alpha value is -4.54. The zero-order valence-corrected chi connectivity index (χ0v) is 17.3. The number of para-hydroxylation sites is 1. The number of aromatic nitrogens is 3. The molecular formula is C23H16F3N5O3. The van der Waals surface area contributed by atoms with Gasteiger partial charge in [0.15, 0.2) is 0 Å². The van der Waals surface area contributed by atoms with Crippen molar-refractivity contribution >= 4 is 34.3 Å². The Morgan fingerprint density at radius 1 is 0.971 bits per heavy atom. The minimum Gasteiger partial charge on any atom is -0.478 e. The van der Waals surface area contributed by atoms with Crippen LogP contribution in [0.5, 0.6) is 0 Å². The number of carboxylic acids is 1. The van der Waals surface area contributed by atoms with E-state index in [1.54, 1.807) is 36.4 Å². The number of amides is 1. The summed E-state index contributed by atoms with van der Waals surface area (Å²) in [6.07, 6.45) is -2.44. The standard InChI is InChI=1S/C23H16F3N5O3/c24-23(25,26)18-8-7-14(11-27-18)21(32)31-15-4-1-3-13(9-15)10-28-20-16-5-2-6-17(22(33)34)19(16)29-12-30-20/h1-9,11-12H,10H2,(H,31,32)(H,33,34)(H,28,29,30). The molecule has 0 atom stereocenters. The predicted molar refractivity (Wildman–Crippen MR) is 117 cm³/mol. The number of carbonyl (C=O) groups is 2. The van der Waals surface area contributed by atoms with Crippen molar-refractivity contribution in [3.05, 3.63) is 89.5 Å². The number of anilines is 2. The summed E-state index contributed by atoms with van der Waals surface area (Å²) in [6, 6.07) is 13.4. The van der Waals surface area contributed by atoms with Gasteiger partial charge in [0.05, 0.1) is 16.6 Å². The molecule has 0 aliphatic carbocycles. The number of benzene rings is 2. The van der Waals surface area contributed by atoms with Gasteiger partial charge in [-0.05, 0) is 42.0 Å². The number of hydrogen-bond acceptors (Lipinski definition) is 6. The second-order valence-corrected chi connectivity index (χ2v) is 7.17. The van der Waals surface area contributed by atoms with Crippen molar-refractivity contribution in [2.24, 2.45) is 0 Å². The van der Waals surface area contributed by atoms with Crippen LogP contribution in [0.4, 0.5) is 24.7 Å². The highest BCUT2D eigenvalue weighted by Gasteiger charge is 2.32. The highest BCUT2D eigenvalue weighted by molar-refractivity contribution is 6.05. The summed E-state index contributed by atoms with van der Waals surface area (Å²) in [5, 5.41) is 15.6. The minimum absolute atomic E-state index is 0.0155. The number of nitrogens with zero attached hydrogens (tertiary/aromatic N) is 3. The molecule has 0 saturated carbocycles. The zero-order chi connectivity index (χ0) is 24.3. The van der Waals surface area contributed by atoms with Crippen LogP contribution >= 0.6 is 0 Å². The zero-order valence-electron chi connectivity index (χ0n) is 17.3. The molecule has 1 amide bonds. The van der Waals surface area contributed by atoms with Crippen molar-refractivity contribution in [3.8, 4) is 0 Å². The van der Waals surface area contributed by atoms with Crippen LogP contribution in [0.15, 0.2) is 67.1 Å². The van der Waals surface area contributed by atoms with Crippen molar-refractivity contribution in [3.63, 3.8) is 0 Å². The number of rotatable bonds is 6. The van der Waals surface area contributed by atoms with Gasteiger partial charge in [0.2, 0.25) is 0 Å². The van der Waals surface area contributed by atoms with Crippen molar-refractivity contribution in [2.75, 3.05) is 10.6 Å². The Labute approximate surface area is 190 Å². The molecule has 0 spiro atoms. The average molecular weight is 467 g/mol. The number of nitrogens with one attached hydrogen (secondary N) is 2. The van der Waals surface area contributed by atoms with Crippen molar-refractivity contribution in [2.45, 2.75) is 12.7 Å². The molecule has 34 heavy (non-hydrogen) atoms. The summed E-state index contributed by atoms with van der Waals surface area (Å²) in [4.78, 5) is 35.4. The van der Waals surface area contributed by atoms with Gasteiger partial charge in [-0.1, -0.05) is 18.2 Å². The van der Waals surface area contributed by atoms with Gasteiger partial charge in [0.1, 0.15) is 17.8 Å². The van der Waals surface area contributed by atoms with Crippen LogP contribution in [0.2, 0.25) is 0 Å². The van der Waals surface area contributed by atoms with Gasteiger partial charge in [0.25, 0.3) is 5.91 Å². The molecule has 0 aliphatic heterocycles. The fourth-order valence-electron chi connectivity index (χ4n) is 3.24. The molecule has 2 aromatic carbocycles. The summed E-state index contributed by atoms with van der Waals surface area (Å²) >= 11 is 0. The molecule has 2 aromatic heterocycles. The van der Waals surface area contributed by atoms with E-state index in [1.165, 1.54) is 12.4 Å². The molecule has 0 aliphatic rings. The van der Waals surface area contributed by atoms with Gasteiger partial charge in [-0.3, -0.25) is 9.78 Å². The van der Waals surface area contributed by atoms with E-state index >= 15 is 0 Å². The van der Waals surface area contributed by atoms with E-state index in [9.17, 15) is 27.9 Å². The second-order valence-electron chi connectivity index (χ2n) is 7.17. The summed E-state index contributed by atoms with van der Waals surface area (Å²) in [7, 11) is 0. The maximum Gasteiger partial charge on any atom is 0.433 e. The number of fused-ring (bicyclic) bond motifs is 1. The lowest BCUT2D eigenvalue weighted by molar-refractivity contribution is -0.141. The smallest absolute Gasteiger partial charge is 0.433 e. The molecule has 0 unspecified atom stereocenters. The molecule has 172 valence electrons.